The maximum atomic E-state index is 4.34. The van der Waals surface area contributed by atoms with Crippen LogP contribution in [0.5, 0.6) is 0 Å². The first-order valence-electron chi connectivity index (χ1n) is 8.33. The summed E-state index contributed by atoms with van der Waals surface area (Å²) in [6.07, 6.45) is 9.93. The summed E-state index contributed by atoms with van der Waals surface area (Å²) in [5.74, 6) is 0.987. The van der Waals surface area contributed by atoms with Gasteiger partial charge in [-0.1, -0.05) is 19.8 Å². The number of tetrazole rings is 1. The van der Waals surface area contributed by atoms with Crippen molar-refractivity contribution < 1.29 is 0 Å². The number of nitrogens with zero attached hydrogens (tertiary/aromatic N) is 7. The maximum Gasteiger partial charge on any atom is 0.165 e. The highest BCUT2D eigenvalue weighted by atomic mass is 15.5. The zero-order valence-electron chi connectivity index (χ0n) is 13.3. The molecule has 1 saturated heterocycles. The maximum absolute atomic E-state index is 4.34. The number of rotatable bonds is 7. The van der Waals surface area contributed by atoms with E-state index in [0.29, 0.717) is 6.04 Å². The van der Waals surface area contributed by atoms with Gasteiger partial charge in [0.25, 0.3) is 0 Å². The van der Waals surface area contributed by atoms with E-state index in [-0.39, 0.29) is 0 Å². The molecular formula is C15H25N7. The second-order valence-corrected chi connectivity index (χ2v) is 6.02. The van der Waals surface area contributed by atoms with E-state index in [4.69, 9.17) is 0 Å². The molecule has 3 heterocycles. The molecule has 0 aromatic carbocycles. The molecule has 1 fully saturated rings. The highest BCUT2D eigenvalue weighted by molar-refractivity contribution is 4.87. The standard InChI is InChI=1S/C15H25N7/c1-2-3-11-22-15(17-18-19-22)13-20-9-5-4-7-14(20)12-21-10-6-8-16-21/h6,8,10,14H,2-5,7,9,11-13H2,1H3. The number of hydrogen-bond donors (Lipinski definition) is 0. The van der Waals surface area contributed by atoms with Gasteiger partial charge in [-0.3, -0.25) is 9.58 Å². The fraction of sp³-hybridized carbons (Fsp3) is 0.733. The molecule has 0 radical (unpaired) electrons. The minimum absolute atomic E-state index is 0.518. The third kappa shape index (κ3) is 3.71. The molecule has 1 aliphatic rings. The van der Waals surface area contributed by atoms with Gasteiger partial charge in [-0.15, -0.1) is 5.10 Å². The van der Waals surface area contributed by atoms with E-state index in [2.05, 4.69) is 32.4 Å². The van der Waals surface area contributed by atoms with Crippen LogP contribution in [0, 0.1) is 0 Å². The molecule has 0 N–H and O–H groups in total. The lowest BCUT2D eigenvalue weighted by Gasteiger charge is -2.35. The predicted octanol–water partition coefficient (Wildman–Crippen LogP) is 1.72. The molecule has 0 aliphatic carbocycles. The normalized spacial score (nSPS) is 19.6. The third-order valence-corrected chi connectivity index (χ3v) is 4.38. The van der Waals surface area contributed by atoms with Gasteiger partial charge in [0, 0.05) is 25.0 Å². The molecule has 7 heteroatoms. The van der Waals surface area contributed by atoms with Crippen LogP contribution < -0.4 is 0 Å². The Morgan fingerprint density at radius 1 is 1.32 bits per heavy atom. The Hall–Kier alpha value is -1.76. The molecule has 1 atom stereocenters. The molecule has 0 bridgehead atoms. The molecule has 2 aromatic heterocycles. The van der Waals surface area contributed by atoms with Gasteiger partial charge in [-0.05, 0) is 42.3 Å². The number of unbranched alkanes of at least 4 members (excludes halogenated alkanes) is 1. The van der Waals surface area contributed by atoms with Crippen LogP contribution in [0.4, 0.5) is 0 Å². The summed E-state index contributed by atoms with van der Waals surface area (Å²) in [5, 5.41) is 16.6. The zero-order chi connectivity index (χ0) is 15.2. The number of piperidine rings is 1. The summed E-state index contributed by atoms with van der Waals surface area (Å²) in [7, 11) is 0. The molecule has 3 rings (SSSR count). The summed E-state index contributed by atoms with van der Waals surface area (Å²) < 4.78 is 3.99. The Balaban J connectivity index is 1.65. The second-order valence-electron chi connectivity index (χ2n) is 6.02. The molecule has 22 heavy (non-hydrogen) atoms. The molecule has 1 unspecified atom stereocenters. The Labute approximate surface area is 131 Å². The van der Waals surface area contributed by atoms with Gasteiger partial charge in [-0.25, -0.2) is 4.68 Å². The number of aryl methyl sites for hydroxylation is 1. The quantitative estimate of drug-likeness (QED) is 0.779. The van der Waals surface area contributed by atoms with Crippen molar-refractivity contribution in [3.8, 4) is 0 Å². The van der Waals surface area contributed by atoms with Crippen LogP contribution >= 0.6 is 0 Å². The van der Waals surface area contributed by atoms with Crippen molar-refractivity contribution in [2.75, 3.05) is 6.54 Å². The van der Waals surface area contributed by atoms with Crippen LogP contribution in [-0.2, 0) is 19.6 Å². The molecular weight excluding hydrogens is 278 g/mol. The van der Waals surface area contributed by atoms with E-state index >= 15 is 0 Å². The summed E-state index contributed by atoms with van der Waals surface area (Å²) in [6, 6.07) is 2.50. The highest BCUT2D eigenvalue weighted by Crippen LogP contribution is 2.20. The lowest BCUT2D eigenvalue weighted by atomic mass is 10.0. The summed E-state index contributed by atoms with van der Waals surface area (Å²) in [6.45, 7) is 6.00. The smallest absolute Gasteiger partial charge is 0.165 e. The first kappa shape index (κ1) is 15.1. The molecule has 120 valence electrons. The molecule has 7 nitrogen and oxygen atoms in total. The number of aromatic nitrogens is 6. The van der Waals surface area contributed by atoms with Crippen molar-refractivity contribution in [3.05, 3.63) is 24.3 Å². The van der Waals surface area contributed by atoms with Gasteiger partial charge < -0.3 is 0 Å². The Kier molecular flexibility index (Phi) is 5.15. The van der Waals surface area contributed by atoms with Crippen molar-refractivity contribution >= 4 is 0 Å². The van der Waals surface area contributed by atoms with Crippen LogP contribution in [0.1, 0.15) is 44.9 Å². The lowest BCUT2D eigenvalue weighted by molar-refractivity contribution is 0.116. The van der Waals surface area contributed by atoms with E-state index in [0.717, 1.165) is 44.8 Å². The first-order valence-corrected chi connectivity index (χ1v) is 8.33. The Bertz CT molecular complexity index is 548. The molecule has 2 aromatic rings. The Morgan fingerprint density at radius 3 is 3.09 bits per heavy atom. The fourth-order valence-electron chi connectivity index (χ4n) is 3.10. The molecule has 0 saturated carbocycles. The highest BCUT2D eigenvalue weighted by Gasteiger charge is 2.24. The van der Waals surface area contributed by atoms with E-state index in [1.807, 2.05) is 27.8 Å². The van der Waals surface area contributed by atoms with Crippen molar-refractivity contribution in [1.82, 2.24) is 34.9 Å². The van der Waals surface area contributed by atoms with E-state index in [1.165, 1.54) is 19.3 Å². The molecule has 1 aliphatic heterocycles. The van der Waals surface area contributed by atoms with Crippen LogP contribution in [0.25, 0.3) is 0 Å². The summed E-state index contributed by atoms with van der Waals surface area (Å²) >= 11 is 0. The van der Waals surface area contributed by atoms with Gasteiger partial charge in [0.2, 0.25) is 0 Å². The SMILES string of the molecule is CCCCn1nnnc1CN1CCCCC1Cn1cccn1. The van der Waals surface area contributed by atoms with Crippen molar-refractivity contribution in [2.24, 2.45) is 0 Å². The van der Waals surface area contributed by atoms with Gasteiger partial charge in [0.15, 0.2) is 5.82 Å². The minimum atomic E-state index is 0.518. The largest absolute Gasteiger partial charge is 0.291 e. The van der Waals surface area contributed by atoms with Crippen molar-refractivity contribution in [2.45, 2.75) is 64.7 Å². The van der Waals surface area contributed by atoms with Crippen LogP contribution in [0.3, 0.4) is 0 Å². The van der Waals surface area contributed by atoms with Crippen molar-refractivity contribution in [3.63, 3.8) is 0 Å². The van der Waals surface area contributed by atoms with Crippen LogP contribution in [0.15, 0.2) is 18.5 Å². The summed E-state index contributed by atoms with van der Waals surface area (Å²) in [4.78, 5) is 2.51. The van der Waals surface area contributed by atoms with Crippen molar-refractivity contribution in [1.29, 1.82) is 0 Å². The van der Waals surface area contributed by atoms with E-state index in [1.54, 1.807) is 0 Å². The lowest BCUT2D eigenvalue weighted by Crippen LogP contribution is -2.42. The number of likely N-dealkylation sites (tertiary alicyclic amines) is 1. The third-order valence-electron chi connectivity index (χ3n) is 4.38. The number of hydrogen-bond acceptors (Lipinski definition) is 5. The van der Waals surface area contributed by atoms with Crippen LogP contribution in [-0.4, -0.2) is 47.5 Å². The average molecular weight is 303 g/mol. The Morgan fingerprint density at radius 2 is 2.27 bits per heavy atom. The van der Waals surface area contributed by atoms with Gasteiger partial charge in [-0.2, -0.15) is 5.10 Å². The zero-order valence-corrected chi connectivity index (χ0v) is 13.3. The monoisotopic (exact) mass is 303 g/mol. The average Bonchev–Trinajstić information content (AvgIpc) is 3.19. The summed E-state index contributed by atoms with van der Waals surface area (Å²) in [5.41, 5.74) is 0. The van der Waals surface area contributed by atoms with Gasteiger partial charge in [0.1, 0.15) is 0 Å². The fourth-order valence-corrected chi connectivity index (χ4v) is 3.10. The van der Waals surface area contributed by atoms with Gasteiger partial charge in [0.05, 0.1) is 13.1 Å². The molecule has 0 amide bonds. The van der Waals surface area contributed by atoms with Crippen LogP contribution in [0.2, 0.25) is 0 Å². The van der Waals surface area contributed by atoms with E-state index in [9.17, 15) is 0 Å². The predicted molar refractivity (Wildman–Crippen MR) is 83.0 cm³/mol. The molecule has 0 spiro atoms. The minimum Gasteiger partial charge on any atom is -0.291 e. The second kappa shape index (κ2) is 7.49. The topological polar surface area (TPSA) is 64.7 Å². The van der Waals surface area contributed by atoms with Gasteiger partial charge >= 0.3 is 0 Å². The first-order chi connectivity index (χ1) is 10.9. The van der Waals surface area contributed by atoms with E-state index < -0.39 is 0 Å².